The van der Waals surface area contributed by atoms with Crippen molar-refractivity contribution >= 4 is 5.69 Å². The summed E-state index contributed by atoms with van der Waals surface area (Å²) in [5.74, 6) is 0. The molecule has 1 aromatic rings. The van der Waals surface area contributed by atoms with E-state index in [1.807, 2.05) is 0 Å². The third-order valence-electron chi connectivity index (χ3n) is 3.71. The van der Waals surface area contributed by atoms with Gasteiger partial charge in [-0.3, -0.25) is 0 Å². The highest BCUT2D eigenvalue weighted by Crippen LogP contribution is 2.19. The largest absolute Gasteiger partial charge is 0.383 e. The summed E-state index contributed by atoms with van der Waals surface area (Å²) in [6.07, 6.45) is 5.01. The van der Waals surface area contributed by atoms with Gasteiger partial charge in [-0.05, 0) is 51.0 Å². The van der Waals surface area contributed by atoms with Crippen LogP contribution < -0.4 is 5.32 Å². The fourth-order valence-corrected chi connectivity index (χ4v) is 2.63. The molecule has 1 heterocycles. The minimum Gasteiger partial charge on any atom is -0.383 e. The molecule has 1 fully saturated rings. The van der Waals surface area contributed by atoms with Gasteiger partial charge in [0.15, 0.2) is 0 Å². The average Bonchev–Trinajstić information content (AvgIpc) is 2.52. The Labute approximate surface area is 120 Å². The van der Waals surface area contributed by atoms with Crippen LogP contribution in [0, 0.1) is 22.7 Å². The third kappa shape index (κ3) is 3.73. The molecule has 1 N–H and O–H groups in total. The first-order valence-corrected chi connectivity index (χ1v) is 7.24. The van der Waals surface area contributed by atoms with Crippen molar-refractivity contribution < 1.29 is 0 Å². The maximum atomic E-state index is 9.09. The number of nitriles is 2. The Morgan fingerprint density at radius 1 is 1.05 bits per heavy atom. The number of rotatable bonds is 5. The van der Waals surface area contributed by atoms with Gasteiger partial charge in [-0.1, -0.05) is 12.5 Å². The van der Waals surface area contributed by atoms with Crippen molar-refractivity contribution in [1.29, 1.82) is 10.5 Å². The van der Waals surface area contributed by atoms with Crippen LogP contribution in [0.4, 0.5) is 5.69 Å². The molecule has 2 rings (SSSR count). The van der Waals surface area contributed by atoms with Crippen LogP contribution in [0.25, 0.3) is 0 Å². The number of para-hydroxylation sites is 1. The second-order valence-corrected chi connectivity index (χ2v) is 5.13. The molecule has 0 spiro atoms. The molecule has 1 aromatic carbocycles. The highest BCUT2D eigenvalue weighted by atomic mass is 15.1. The van der Waals surface area contributed by atoms with Crippen LogP contribution in [0.1, 0.15) is 36.8 Å². The summed E-state index contributed by atoms with van der Waals surface area (Å²) >= 11 is 0. The van der Waals surface area contributed by atoms with E-state index in [1.54, 1.807) is 18.2 Å². The first-order valence-electron chi connectivity index (χ1n) is 7.24. The van der Waals surface area contributed by atoms with Gasteiger partial charge in [0.1, 0.15) is 12.1 Å². The second kappa shape index (κ2) is 7.53. The zero-order valence-electron chi connectivity index (χ0n) is 11.7. The van der Waals surface area contributed by atoms with Gasteiger partial charge >= 0.3 is 0 Å². The maximum absolute atomic E-state index is 9.09. The van der Waals surface area contributed by atoms with Crippen molar-refractivity contribution in [3.05, 3.63) is 29.3 Å². The molecule has 0 aliphatic carbocycles. The van der Waals surface area contributed by atoms with Gasteiger partial charge in [-0.15, -0.1) is 0 Å². The summed E-state index contributed by atoms with van der Waals surface area (Å²) in [5, 5.41) is 21.4. The fraction of sp³-hybridized carbons (Fsp3) is 0.500. The van der Waals surface area contributed by atoms with Gasteiger partial charge < -0.3 is 10.2 Å². The van der Waals surface area contributed by atoms with Crippen LogP contribution >= 0.6 is 0 Å². The van der Waals surface area contributed by atoms with Gasteiger partial charge in [0, 0.05) is 6.54 Å². The summed E-state index contributed by atoms with van der Waals surface area (Å²) < 4.78 is 0. The van der Waals surface area contributed by atoms with Crippen LogP contribution in [0.15, 0.2) is 18.2 Å². The van der Waals surface area contributed by atoms with Crippen molar-refractivity contribution in [3.63, 3.8) is 0 Å². The molecule has 0 bridgehead atoms. The van der Waals surface area contributed by atoms with Crippen LogP contribution in [0.2, 0.25) is 0 Å². The average molecular weight is 268 g/mol. The van der Waals surface area contributed by atoms with E-state index in [2.05, 4.69) is 22.4 Å². The SMILES string of the molecule is N#Cc1cccc(C#N)c1NCCCN1CCCCC1. The van der Waals surface area contributed by atoms with E-state index < -0.39 is 0 Å². The molecule has 4 nitrogen and oxygen atoms in total. The van der Waals surface area contributed by atoms with Crippen molar-refractivity contribution in [2.75, 3.05) is 31.5 Å². The standard InChI is InChI=1S/C16H20N4/c17-12-14-6-4-7-15(13-18)16(14)19-8-5-11-20-9-2-1-3-10-20/h4,6-7,19H,1-3,5,8-11H2. The molecule has 104 valence electrons. The lowest BCUT2D eigenvalue weighted by atomic mass is 10.1. The Kier molecular flexibility index (Phi) is 5.41. The molecule has 1 aliphatic heterocycles. The molecular weight excluding hydrogens is 248 g/mol. The lowest BCUT2D eigenvalue weighted by Crippen LogP contribution is -2.31. The van der Waals surface area contributed by atoms with E-state index in [0.717, 1.165) is 19.5 Å². The summed E-state index contributed by atoms with van der Waals surface area (Å²) in [6, 6.07) is 9.51. The molecule has 1 aliphatic rings. The number of likely N-dealkylation sites (tertiary alicyclic amines) is 1. The molecule has 0 saturated carbocycles. The Balaban J connectivity index is 1.85. The third-order valence-corrected chi connectivity index (χ3v) is 3.71. The normalized spacial score (nSPS) is 15.3. The second-order valence-electron chi connectivity index (χ2n) is 5.13. The number of hydrogen-bond acceptors (Lipinski definition) is 4. The van der Waals surface area contributed by atoms with Crippen LogP contribution in [-0.4, -0.2) is 31.1 Å². The molecular formula is C16H20N4. The topological polar surface area (TPSA) is 62.9 Å². The molecule has 0 amide bonds. The Morgan fingerprint density at radius 3 is 2.30 bits per heavy atom. The number of piperidine rings is 1. The quantitative estimate of drug-likeness (QED) is 0.834. The lowest BCUT2D eigenvalue weighted by Gasteiger charge is -2.26. The summed E-state index contributed by atoms with van der Waals surface area (Å²) in [5.41, 5.74) is 1.76. The number of benzene rings is 1. The van der Waals surface area contributed by atoms with Crippen LogP contribution in [-0.2, 0) is 0 Å². The minimum absolute atomic E-state index is 0.544. The van der Waals surface area contributed by atoms with Crippen molar-refractivity contribution in [2.24, 2.45) is 0 Å². The predicted molar refractivity (Wildman–Crippen MR) is 79.3 cm³/mol. The number of anilines is 1. The van der Waals surface area contributed by atoms with E-state index in [9.17, 15) is 0 Å². The van der Waals surface area contributed by atoms with E-state index in [0.29, 0.717) is 16.8 Å². The van der Waals surface area contributed by atoms with Gasteiger partial charge in [-0.2, -0.15) is 10.5 Å². The highest BCUT2D eigenvalue weighted by Gasteiger charge is 2.10. The smallest absolute Gasteiger partial charge is 0.101 e. The monoisotopic (exact) mass is 268 g/mol. The van der Waals surface area contributed by atoms with Gasteiger partial charge in [0.2, 0.25) is 0 Å². The maximum Gasteiger partial charge on any atom is 0.101 e. The number of nitrogens with one attached hydrogen (secondary N) is 1. The fourth-order valence-electron chi connectivity index (χ4n) is 2.63. The number of hydrogen-bond donors (Lipinski definition) is 1. The van der Waals surface area contributed by atoms with Crippen LogP contribution in [0.5, 0.6) is 0 Å². The van der Waals surface area contributed by atoms with Gasteiger partial charge in [0.05, 0.1) is 16.8 Å². The zero-order valence-corrected chi connectivity index (χ0v) is 11.7. The van der Waals surface area contributed by atoms with Crippen LogP contribution in [0.3, 0.4) is 0 Å². The molecule has 0 aromatic heterocycles. The molecule has 0 radical (unpaired) electrons. The first kappa shape index (κ1) is 14.4. The Morgan fingerprint density at radius 2 is 1.70 bits per heavy atom. The van der Waals surface area contributed by atoms with Crippen molar-refractivity contribution in [3.8, 4) is 12.1 Å². The molecule has 1 saturated heterocycles. The highest BCUT2D eigenvalue weighted by molar-refractivity contribution is 5.66. The van der Waals surface area contributed by atoms with E-state index in [-0.39, 0.29) is 0 Å². The molecule has 20 heavy (non-hydrogen) atoms. The first-order chi connectivity index (χ1) is 9.85. The van der Waals surface area contributed by atoms with Crippen molar-refractivity contribution in [1.82, 2.24) is 4.90 Å². The van der Waals surface area contributed by atoms with E-state index in [1.165, 1.54) is 32.4 Å². The summed E-state index contributed by atoms with van der Waals surface area (Å²) in [7, 11) is 0. The Hall–Kier alpha value is -2.04. The molecule has 4 heteroatoms. The minimum atomic E-state index is 0.544. The number of nitrogens with zero attached hydrogens (tertiary/aromatic N) is 3. The summed E-state index contributed by atoms with van der Waals surface area (Å²) in [6.45, 7) is 4.30. The van der Waals surface area contributed by atoms with Crippen molar-refractivity contribution in [2.45, 2.75) is 25.7 Å². The summed E-state index contributed by atoms with van der Waals surface area (Å²) in [4.78, 5) is 2.49. The zero-order chi connectivity index (χ0) is 14.2. The van der Waals surface area contributed by atoms with E-state index >= 15 is 0 Å². The Bertz CT molecular complexity index is 486. The van der Waals surface area contributed by atoms with E-state index in [4.69, 9.17) is 10.5 Å². The predicted octanol–water partition coefficient (Wildman–Crippen LogP) is 2.72. The van der Waals surface area contributed by atoms with Gasteiger partial charge in [0.25, 0.3) is 0 Å². The lowest BCUT2D eigenvalue weighted by molar-refractivity contribution is 0.228. The molecule has 0 atom stereocenters. The van der Waals surface area contributed by atoms with Gasteiger partial charge in [-0.25, -0.2) is 0 Å². The molecule has 0 unspecified atom stereocenters.